The zero-order valence-corrected chi connectivity index (χ0v) is 11.8. The van der Waals surface area contributed by atoms with Crippen molar-refractivity contribution >= 4 is 10.0 Å². The van der Waals surface area contributed by atoms with Crippen LogP contribution in [0, 0.1) is 0 Å². The molecule has 3 N–H and O–H groups in total. The molecule has 0 radical (unpaired) electrons. The van der Waals surface area contributed by atoms with Gasteiger partial charge in [0.1, 0.15) is 0 Å². The second-order valence-corrected chi connectivity index (χ2v) is 5.63. The van der Waals surface area contributed by atoms with Gasteiger partial charge in [-0.2, -0.15) is 0 Å². The third-order valence-electron chi connectivity index (χ3n) is 1.93. The Labute approximate surface area is 109 Å². The van der Waals surface area contributed by atoms with E-state index in [1.165, 1.54) is 0 Å². The van der Waals surface area contributed by atoms with E-state index >= 15 is 0 Å². The fourth-order valence-electron chi connectivity index (χ4n) is 1.13. The van der Waals surface area contributed by atoms with Crippen LogP contribution in [0.5, 0.6) is 0 Å². The summed E-state index contributed by atoms with van der Waals surface area (Å²) in [6.45, 7) is 4.90. The van der Waals surface area contributed by atoms with Gasteiger partial charge in [0.05, 0.1) is 32.2 Å². The van der Waals surface area contributed by atoms with Gasteiger partial charge in [-0.3, -0.25) is 0 Å². The summed E-state index contributed by atoms with van der Waals surface area (Å²) >= 11 is 0. The summed E-state index contributed by atoms with van der Waals surface area (Å²) in [5.74, 6) is 0. The van der Waals surface area contributed by atoms with Crippen LogP contribution in [0.15, 0.2) is 0 Å². The van der Waals surface area contributed by atoms with Crippen molar-refractivity contribution < 1.29 is 23.0 Å². The normalized spacial score (nSPS) is 13.7. The van der Waals surface area contributed by atoms with E-state index in [9.17, 15) is 13.5 Å². The van der Waals surface area contributed by atoms with E-state index in [1.54, 1.807) is 0 Å². The molecule has 18 heavy (non-hydrogen) atoms. The Morgan fingerprint density at radius 3 is 2.50 bits per heavy atom. The van der Waals surface area contributed by atoms with Gasteiger partial charge in [0, 0.05) is 26.2 Å². The second-order valence-electron chi connectivity index (χ2n) is 3.80. The van der Waals surface area contributed by atoms with Crippen molar-refractivity contribution in [3.05, 3.63) is 0 Å². The highest BCUT2D eigenvalue weighted by Gasteiger charge is 2.04. The highest BCUT2D eigenvalue weighted by atomic mass is 32.2. The first-order chi connectivity index (χ1) is 8.45. The first kappa shape index (κ1) is 17.8. The van der Waals surface area contributed by atoms with Crippen molar-refractivity contribution in [2.24, 2.45) is 0 Å². The molecule has 0 bridgehead atoms. The van der Waals surface area contributed by atoms with Gasteiger partial charge in [-0.05, 0) is 6.92 Å². The fourth-order valence-corrected chi connectivity index (χ4v) is 1.61. The molecule has 8 heteroatoms. The third kappa shape index (κ3) is 13.8. The van der Waals surface area contributed by atoms with Gasteiger partial charge < -0.3 is 19.9 Å². The number of hydrogen-bond donors (Lipinski definition) is 3. The summed E-state index contributed by atoms with van der Waals surface area (Å²) in [6, 6.07) is 0. The Bertz CT molecular complexity index is 284. The maximum atomic E-state index is 10.7. The molecule has 0 aliphatic carbocycles. The van der Waals surface area contributed by atoms with Gasteiger partial charge in [0.15, 0.2) is 0 Å². The molecule has 7 nitrogen and oxygen atoms in total. The largest absolute Gasteiger partial charge is 0.389 e. The zero-order valence-electron chi connectivity index (χ0n) is 11.0. The van der Waals surface area contributed by atoms with Crippen LogP contribution in [0.3, 0.4) is 0 Å². The molecule has 0 aliphatic rings. The first-order valence-corrected chi connectivity index (χ1v) is 7.83. The van der Waals surface area contributed by atoms with E-state index in [0.29, 0.717) is 39.5 Å². The number of aliphatic hydroxyl groups excluding tert-OH is 1. The number of nitrogens with one attached hydrogen (secondary N) is 2. The van der Waals surface area contributed by atoms with Crippen LogP contribution in [-0.2, 0) is 19.5 Å². The molecule has 0 rings (SSSR count). The van der Waals surface area contributed by atoms with Gasteiger partial charge in [-0.15, -0.1) is 0 Å². The predicted molar refractivity (Wildman–Crippen MR) is 69.0 cm³/mol. The predicted octanol–water partition coefficient (Wildman–Crippen LogP) is -1.46. The molecule has 0 amide bonds. The lowest BCUT2D eigenvalue weighted by molar-refractivity contribution is 0.00662. The molecule has 0 heterocycles. The van der Waals surface area contributed by atoms with Crippen LogP contribution in [-0.4, -0.2) is 71.9 Å². The number of sulfonamides is 1. The molecule has 0 fully saturated rings. The Balaban J connectivity index is 3.29. The maximum absolute atomic E-state index is 10.7. The molecular formula is C10H24N2O5S. The summed E-state index contributed by atoms with van der Waals surface area (Å²) in [4.78, 5) is 0. The maximum Gasteiger partial charge on any atom is 0.208 e. The van der Waals surface area contributed by atoms with Crippen LogP contribution >= 0.6 is 0 Å². The smallest absolute Gasteiger partial charge is 0.208 e. The summed E-state index contributed by atoms with van der Waals surface area (Å²) in [5.41, 5.74) is 0. The first-order valence-electron chi connectivity index (χ1n) is 5.94. The van der Waals surface area contributed by atoms with Crippen LogP contribution in [0.4, 0.5) is 0 Å². The van der Waals surface area contributed by atoms with E-state index in [4.69, 9.17) is 9.47 Å². The minimum atomic E-state index is -3.14. The minimum absolute atomic E-state index is 0.236. The average molecular weight is 284 g/mol. The van der Waals surface area contributed by atoms with E-state index in [2.05, 4.69) is 10.0 Å². The molecule has 0 aromatic rings. The topological polar surface area (TPSA) is 96.9 Å². The Morgan fingerprint density at radius 2 is 1.89 bits per heavy atom. The Kier molecular flexibility index (Phi) is 10.5. The molecule has 0 saturated carbocycles. The molecule has 0 aromatic carbocycles. The van der Waals surface area contributed by atoms with Crippen molar-refractivity contribution in [1.82, 2.24) is 10.0 Å². The lowest BCUT2D eigenvalue weighted by atomic mass is 10.4. The average Bonchev–Trinajstić information content (AvgIpc) is 2.27. The molecule has 1 atom stereocenters. The van der Waals surface area contributed by atoms with E-state index in [0.717, 1.165) is 6.26 Å². The van der Waals surface area contributed by atoms with Gasteiger partial charge in [-0.25, -0.2) is 13.1 Å². The quantitative estimate of drug-likeness (QED) is 0.379. The lowest BCUT2D eigenvalue weighted by Crippen LogP contribution is -2.36. The monoisotopic (exact) mass is 284 g/mol. The molecule has 0 saturated heterocycles. The SMILES string of the molecule is CCOCCOCC(O)CNCCNS(C)(=O)=O. The van der Waals surface area contributed by atoms with Crippen molar-refractivity contribution in [1.29, 1.82) is 0 Å². The summed E-state index contributed by atoms with van der Waals surface area (Å²) in [6.07, 6.45) is 0.499. The summed E-state index contributed by atoms with van der Waals surface area (Å²) in [5, 5.41) is 12.4. The molecule has 0 aliphatic heterocycles. The molecule has 1 unspecified atom stereocenters. The van der Waals surface area contributed by atoms with Gasteiger partial charge in [0.25, 0.3) is 0 Å². The molecule has 0 spiro atoms. The van der Waals surface area contributed by atoms with E-state index in [1.807, 2.05) is 6.92 Å². The fraction of sp³-hybridized carbons (Fsp3) is 1.00. The zero-order chi connectivity index (χ0) is 13.9. The Morgan fingerprint density at radius 1 is 1.22 bits per heavy atom. The van der Waals surface area contributed by atoms with Crippen LogP contribution in [0.1, 0.15) is 6.92 Å². The lowest BCUT2D eigenvalue weighted by Gasteiger charge is -2.12. The molecular weight excluding hydrogens is 260 g/mol. The van der Waals surface area contributed by atoms with Crippen LogP contribution < -0.4 is 10.0 Å². The second kappa shape index (κ2) is 10.7. The number of hydrogen-bond acceptors (Lipinski definition) is 6. The van der Waals surface area contributed by atoms with Crippen molar-refractivity contribution in [3.8, 4) is 0 Å². The van der Waals surface area contributed by atoms with Crippen molar-refractivity contribution in [3.63, 3.8) is 0 Å². The third-order valence-corrected chi connectivity index (χ3v) is 2.66. The molecule has 110 valence electrons. The van der Waals surface area contributed by atoms with Gasteiger partial charge in [-0.1, -0.05) is 0 Å². The highest BCUT2D eigenvalue weighted by Crippen LogP contribution is 1.85. The minimum Gasteiger partial charge on any atom is -0.389 e. The number of rotatable bonds is 12. The summed E-state index contributed by atoms with van der Waals surface area (Å²) in [7, 11) is -3.14. The van der Waals surface area contributed by atoms with Gasteiger partial charge >= 0.3 is 0 Å². The van der Waals surface area contributed by atoms with Gasteiger partial charge in [0.2, 0.25) is 10.0 Å². The van der Waals surface area contributed by atoms with Crippen molar-refractivity contribution in [2.75, 3.05) is 52.3 Å². The van der Waals surface area contributed by atoms with Crippen molar-refractivity contribution in [2.45, 2.75) is 13.0 Å². The van der Waals surface area contributed by atoms with E-state index in [-0.39, 0.29) is 6.61 Å². The molecule has 0 aromatic heterocycles. The number of ether oxygens (including phenoxy) is 2. The summed E-state index contributed by atoms with van der Waals surface area (Å²) < 4.78 is 34.1. The number of aliphatic hydroxyl groups is 1. The van der Waals surface area contributed by atoms with Crippen LogP contribution in [0.25, 0.3) is 0 Å². The standard InChI is InChI=1S/C10H24N2O5S/c1-3-16-6-7-17-9-10(13)8-11-4-5-12-18(2,14)15/h10-13H,3-9H2,1-2H3. The van der Waals surface area contributed by atoms with E-state index < -0.39 is 16.1 Å². The highest BCUT2D eigenvalue weighted by molar-refractivity contribution is 7.88. The van der Waals surface area contributed by atoms with Crippen LogP contribution in [0.2, 0.25) is 0 Å². The Hall–Kier alpha value is -0.250.